The summed E-state index contributed by atoms with van der Waals surface area (Å²) in [6.45, 7) is 8.31. The molecule has 2 fully saturated rings. The highest BCUT2D eigenvalue weighted by molar-refractivity contribution is 5.85. The fraction of sp³-hybridized carbons (Fsp3) is 0.769. The Morgan fingerprint density at radius 3 is 2.65 bits per heavy atom. The van der Waals surface area contributed by atoms with Crippen molar-refractivity contribution < 1.29 is 9.53 Å². The van der Waals surface area contributed by atoms with Gasteiger partial charge in [-0.3, -0.25) is 9.69 Å². The third-order valence-corrected chi connectivity index (χ3v) is 3.72. The predicted octanol–water partition coefficient (Wildman–Crippen LogP) is 1.91. The number of carbonyl (C=O) groups excluding carboxylic acids is 1. The number of ketones is 1. The third kappa shape index (κ3) is 4.09. The fourth-order valence-electron chi connectivity index (χ4n) is 2.59. The molecule has 1 aliphatic heterocycles. The van der Waals surface area contributed by atoms with Gasteiger partial charge in [-0.15, -0.1) is 19.0 Å². The van der Waals surface area contributed by atoms with E-state index in [0.717, 1.165) is 45.7 Å². The molecule has 2 aliphatic rings. The van der Waals surface area contributed by atoms with Crippen LogP contribution in [0.4, 0.5) is 0 Å². The van der Waals surface area contributed by atoms with Crippen molar-refractivity contribution in [2.24, 2.45) is 11.8 Å². The lowest BCUT2D eigenvalue weighted by atomic mass is 9.81. The number of rotatable bonds is 3. The van der Waals surface area contributed by atoms with Crippen molar-refractivity contribution >= 4 is 18.2 Å². The first-order valence-corrected chi connectivity index (χ1v) is 6.25. The van der Waals surface area contributed by atoms with Gasteiger partial charge in [-0.25, -0.2) is 0 Å². The summed E-state index contributed by atoms with van der Waals surface area (Å²) in [6, 6.07) is 0. The van der Waals surface area contributed by atoms with Gasteiger partial charge in [0.05, 0.1) is 13.2 Å². The van der Waals surface area contributed by atoms with Crippen LogP contribution in [-0.2, 0) is 9.53 Å². The van der Waals surface area contributed by atoms with Crippen LogP contribution in [0.5, 0.6) is 0 Å². The quantitative estimate of drug-likeness (QED) is 0.726. The van der Waals surface area contributed by atoms with E-state index in [4.69, 9.17) is 4.74 Å². The molecule has 4 heteroatoms. The summed E-state index contributed by atoms with van der Waals surface area (Å²) < 4.78 is 5.31. The van der Waals surface area contributed by atoms with Crippen molar-refractivity contribution in [3.63, 3.8) is 0 Å². The molecule has 0 aromatic rings. The zero-order valence-electron chi connectivity index (χ0n) is 10.3. The van der Waals surface area contributed by atoms with Crippen molar-refractivity contribution in [1.29, 1.82) is 0 Å². The van der Waals surface area contributed by atoms with Crippen molar-refractivity contribution in [3.05, 3.63) is 12.7 Å². The topological polar surface area (TPSA) is 29.5 Å². The molecule has 1 saturated carbocycles. The average Bonchev–Trinajstić information content (AvgIpc) is 2.33. The van der Waals surface area contributed by atoms with Gasteiger partial charge in [-0.1, -0.05) is 6.08 Å². The highest BCUT2D eigenvalue weighted by Crippen LogP contribution is 2.27. The Kier molecular flexibility index (Phi) is 6.17. The maximum absolute atomic E-state index is 11.9. The number of Topliss-reactive ketones (excluding diaryl/α,β-unsaturated/α-hetero) is 1. The first-order valence-electron chi connectivity index (χ1n) is 6.25. The number of hydrogen-bond donors (Lipinski definition) is 0. The number of carbonyl (C=O) groups is 1. The summed E-state index contributed by atoms with van der Waals surface area (Å²) in [6.07, 6.45) is 4.80. The van der Waals surface area contributed by atoms with Gasteiger partial charge in [-0.05, 0) is 18.8 Å². The van der Waals surface area contributed by atoms with Gasteiger partial charge in [0.1, 0.15) is 5.78 Å². The summed E-state index contributed by atoms with van der Waals surface area (Å²) in [4.78, 5) is 14.3. The summed E-state index contributed by atoms with van der Waals surface area (Å²) in [7, 11) is 0. The van der Waals surface area contributed by atoms with E-state index in [0.29, 0.717) is 18.1 Å². The molecule has 0 bridgehead atoms. The van der Waals surface area contributed by atoms with Crippen LogP contribution in [0, 0.1) is 11.8 Å². The highest BCUT2D eigenvalue weighted by atomic mass is 35.5. The zero-order valence-corrected chi connectivity index (χ0v) is 11.1. The Hall–Kier alpha value is -0.380. The Morgan fingerprint density at radius 1 is 1.35 bits per heavy atom. The van der Waals surface area contributed by atoms with Gasteiger partial charge >= 0.3 is 0 Å². The molecule has 0 radical (unpaired) electrons. The maximum atomic E-state index is 11.9. The number of nitrogens with zero attached hydrogens (tertiary/aromatic N) is 1. The Bertz CT molecular complexity index is 264. The summed E-state index contributed by atoms with van der Waals surface area (Å²) in [5.41, 5.74) is 0. The Morgan fingerprint density at radius 2 is 2.06 bits per heavy atom. The van der Waals surface area contributed by atoms with E-state index in [2.05, 4.69) is 11.5 Å². The van der Waals surface area contributed by atoms with Gasteiger partial charge < -0.3 is 4.74 Å². The molecule has 2 rings (SSSR count). The molecule has 0 amide bonds. The van der Waals surface area contributed by atoms with Crippen LogP contribution in [-0.4, -0.2) is 43.5 Å². The average molecular weight is 260 g/mol. The molecular weight excluding hydrogens is 238 g/mol. The van der Waals surface area contributed by atoms with E-state index in [1.807, 2.05) is 6.08 Å². The van der Waals surface area contributed by atoms with E-state index < -0.39 is 0 Å². The van der Waals surface area contributed by atoms with Crippen LogP contribution in [0.15, 0.2) is 12.7 Å². The lowest BCUT2D eigenvalue weighted by Gasteiger charge is -2.32. The number of morpholine rings is 1. The van der Waals surface area contributed by atoms with Gasteiger partial charge in [0.25, 0.3) is 0 Å². The van der Waals surface area contributed by atoms with Crippen LogP contribution >= 0.6 is 12.4 Å². The van der Waals surface area contributed by atoms with Crippen LogP contribution < -0.4 is 0 Å². The molecule has 1 aliphatic carbocycles. The second-order valence-corrected chi connectivity index (χ2v) is 4.85. The Balaban J connectivity index is 0.00000144. The second-order valence-electron chi connectivity index (χ2n) is 4.85. The molecule has 3 nitrogen and oxygen atoms in total. The first-order chi connectivity index (χ1) is 7.79. The normalized spacial score (nSPS) is 30.7. The highest BCUT2D eigenvalue weighted by Gasteiger charge is 2.28. The van der Waals surface area contributed by atoms with Gasteiger partial charge in [-0.2, -0.15) is 0 Å². The van der Waals surface area contributed by atoms with E-state index in [1.165, 1.54) is 0 Å². The van der Waals surface area contributed by atoms with Crippen LogP contribution in [0.2, 0.25) is 0 Å². The largest absolute Gasteiger partial charge is 0.379 e. The molecule has 1 heterocycles. The van der Waals surface area contributed by atoms with E-state index in [-0.39, 0.29) is 18.3 Å². The maximum Gasteiger partial charge on any atom is 0.137 e. The zero-order chi connectivity index (χ0) is 11.4. The van der Waals surface area contributed by atoms with Gasteiger partial charge in [0.15, 0.2) is 0 Å². The summed E-state index contributed by atoms with van der Waals surface area (Å²) in [5.74, 6) is 1.12. The monoisotopic (exact) mass is 259 g/mol. The number of allylic oxidation sites excluding steroid dienone is 1. The third-order valence-electron chi connectivity index (χ3n) is 3.72. The molecule has 1 saturated heterocycles. The lowest BCUT2D eigenvalue weighted by Crippen LogP contribution is -2.42. The molecule has 98 valence electrons. The minimum Gasteiger partial charge on any atom is -0.379 e. The molecule has 0 N–H and O–H groups in total. The lowest BCUT2D eigenvalue weighted by molar-refractivity contribution is -0.126. The number of ether oxygens (including phenoxy) is 1. The number of halogens is 1. The second kappa shape index (κ2) is 7.14. The molecule has 0 aromatic carbocycles. The van der Waals surface area contributed by atoms with Gasteiger partial charge in [0, 0.05) is 32.0 Å². The van der Waals surface area contributed by atoms with Crippen LogP contribution in [0.25, 0.3) is 0 Å². The molecule has 0 aromatic heterocycles. The molecule has 0 spiro atoms. The smallest absolute Gasteiger partial charge is 0.137 e. The van der Waals surface area contributed by atoms with Gasteiger partial charge in [0.2, 0.25) is 0 Å². The Labute approximate surface area is 110 Å². The predicted molar refractivity (Wildman–Crippen MR) is 70.5 cm³/mol. The van der Waals surface area contributed by atoms with Crippen LogP contribution in [0.3, 0.4) is 0 Å². The van der Waals surface area contributed by atoms with E-state index in [1.54, 1.807) is 0 Å². The minimum atomic E-state index is 0. The van der Waals surface area contributed by atoms with E-state index >= 15 is 0 Å². The molecular formula is C13H22ClNO2. The summed E-state index contributed by atoms with van der Waals surface area (Å²) in [5, 5.41) is 0. The van der Waals surface area contributed by atoms with E-state index in [9.17, 15) is 4.79 Å². The van der Waals surface area contributed by atoms with Crippen molar-refractivity contribution in [2.45, 2.75) is 19.3 Å². The molecule has 2 atom stereocenters. The van der Waals surface area contributed by atoms with Crippen molar-refractivity contribution in [1.82, 2.24) is 4.90 Å². The molecule has 2 unspecified atom stereocenters. The summed E-state index contributed by atoms with van der Waals surface area (Å²) >= 11 is 0. The van der Waals surface area contributed by atoms with Crippen molar-refractivity contribution in [3.8, 4) is 0 Å². The minimum absolute atomic E-state index is 0. The first kappa shape index (κ1) is 14.7. The standard InChI is InChI=1S/C13H21NO2.ClH/c1-2-11-3-4-12(13(15)9-11)10-14-5-7-16-8-6-14;/h2,11-12H,1,3-10H2;1H. The van der Waals surface area contributed by atoms with Crippen LogP contribution in [0.1, 0.15) is 19.3 Å². The fourth-order valence-corrected chi connectivity index (χ4v) is 2.59. The molecule has 17 heavy (non-hydrogen) atoms. The SMILES string of the molecule is C=CC1CCC(CN2CCOCC2)C(=O)C1.Cl. The number of hydrogen-bond acceptors (Lipinski definition) is 3. The van der Waals surface area contributed by atoms with Crippen molar-refractivity contribution in [2.75, 3.05) is 32.8 Å².